The Balaban J connectivity index is 1.51. The van der Waals surface area contributed by atoms with Gasteiger partial charge < -0.3 is 5.32 Å². The average Bonchev–Trinajstić information content (AvgIpc) is 3.04. The molecule has 1 aliphatic rings. The maximum Gasteiger partial charge on any atom is 0.147 e. The van der Waals surface area contributed by atoms with E-state index in [0.29, 0.717) is 6.04 Å². The van der Waals surface area contributed by atoms with Gasteiger partial charge in [-0.25, -0.2) is 9.97 Å². The van der Waals surface area contributed by atoms with Gasteiger partial charge in [0.2, 0.25) is 0 Å². The van der Waals surface area contributed by atoms with Crippen LogP contribution in [-0.2, 0) is 0 Å². The number of rotatable bonds is 5. The van der Waals surface area contributed by atoms with Gasteiger partial charge in [-0.15, -0.1) is 11.3 Å². The standard InChI is InChI=1S/C13H19N5S/c1-9-10(7-17-18-9)3-2-5-14-13-12-11(4-6-19-12)15-8-16-13/h4,6,8-10,17-18H,2-3,5,7H2,1H3,(H,14,15,16). The molecule has 3 N–H and O–H groups in total. The molecular formula is C13H19N5S. The van der Waals surface area contributed by atoms with Crippen LogP contribution in [0.15, 0.2) is 17.8 Å². The molecule has 1 fully saturated rings. The van der Waals surface area contributed by atoms with Crippen LogP contribution >= 0.6 is 11.3 Å². The summed E-state index contributed by atoms with van der Waals surface area (Å²) in [7, 11) is 0. The van der Waals surface area contributed by atoms with Gasteiger partial charge in [-0.3, -0.25) is 10.9 Å². The van der Waals surface area contributed by atoms with E-state index in [1.807, 2.05) is 6.07 Å². The van der Waals surface area contributed by atoms with Gasteiger partial charge in [0.1, 0.15) is 12.1 Å². The van der Waals surface area contributed by atoms with Crippen molar-refractivity contribution in [2.24, 2.45) is 5.92 Å². The summed E-state index contributed by atoms with van der Waals surface area (Å²) in [5.41, 5.74) is 7.50. The second kappa shape index (κ2) is 5.81. The molecule has 0 spiro atoms. The van der Waals surface area contributed by atoms with Gasteiger partial charge in [0.25, 0.3) is 0 Å². The highest BCUT2D eigenvalue weighted by Gasteiger charge is 2.21. The Morgan fingerprint density at radius 2 is 2.42 bits per heavy atom. The lowest BCUT2D eigenvalue weighted by Crippen LogP contribution is -2.28. The van der Waals surface area contributed by atoms with Gasteiger partial charge in [0.15, 0.2) is 0 Å². The van der Waals surface area contributed by atoms with Crippen molar-refractivity contribution in [2.45, 2.75) is 25.8 Å². The molecule has 0 saturated carbocycles. The third kappa shape index (κ3) is 2.86. The second-order valence-electron chi connectivity index (χ2n) is 5.00. The van der Waals surface area contributed by atoms with Crippen molar-refractivity contribution < 1.29 is 0 Å². The smallest absolute Gasteiger partial charge is 0.147 e. The zero-order valence-corrected chi connectivity index (χ0v) is 11.8. The second-order valence-corrected chi connectivity index (χ2v) is 5.92. The van der Waals surface area contributed by atoms with Crippen LogP contribution in [0.25, 0.3) is 10.2 Å². The molecular weight excluding hydrogens is 258 g/mol. The molecule has 2 unspecified atom stereocenters. The molecule has 3 heterocycles. The molecule has 6 heteroatoms. The zero-order chi connectivity index (χ0) is 13.1. The number of fused-ring (bicyclic) bond motifs is 1. The zero-order valence-electron chi connectivity index (χ0n) is 11.0. The monoisotopic (exact) mass is 277 g/mol. The molecule has 2 atom stereocenters. The van der Waals surface area contributed by atoms with Crippen molar-refractivity contribution in [3.05, 3.63) is 17.8 Å². The summed E-state index contributed by atoms with van der Waals surface area (Å²) in [5, 5.41) is 5.49. The van der Waals surface area contributed by atoms with Crippen molar-refractivity contribution in [3.63, 3.8) is 0 Å². The Bertz CT molecular complexity index is 541. The summed E-state index contributed by atoms with van der Waals surface area (Å²) >= 11 is 1.69. The number of nitrogens with zero attached hydrogens (tertiary/aromatic N) is 2. The van der Waals surface area contributed by atoms with E-state index in [4.69, 9.17) is 0 Å². The first-order valence-corrected chi connectivity index (χ1v) is 7.63. The molecule has 5 nitrogen and oxygen atoms in total. The first kappa shape index (κ1) is 12.8. The van der Waals surface area contributed by atoms with Crippen molar-refractivity contribution in [3.8, 4) is 0 Å². The highest BCUT2D eigenvalue weighted by molar-refractivity contribution is 7.17. The van der Waals surface area contributed by atoms with Gasteiger partial charge >= 0.3 is 0 Å². The Labute approximate surface area is 116 Å². The summed E-state index contributed by atoms with van der Waals surface area (Å²) in [6.45, 7) is 4.27. The molecule has 0 aliphatic carbocycles. The van der Waals surface area contributed by atoms with Crippen molar-refractivity contribution in [1.82, 2.24) is 20.8 Å². The van der Waals surface area contributed by atoms with E-state index in [1.54, 1.807) is 17.7 Å². The van der Waals surface area contributed by atoms with E-state index in [0.717, 1.165) is 41.5 Å². The number of thiophene rings is 1. The van der Waals surface area contributed by atoms with Crippen LogP contribution in [0.4, 0.5) is 5.82 Å². The fraction of sp³-hybridized carbons (Fsp3) is 0.538. The van der Waals surface area contributed by atoms with Crippen LogP contribution in [0.1, 0.15) is 19.8 Å². The Hall–Kier alpha value is -1.24. The summed E-state index contributed by atoms with van der Waals surface area (Å²) in [6.07, 6.45) is 4.02. The Morgan fingerprint density at radius 3 is 3.26 bits per heavy atom. The third-order valence-electron chi connectivity index (χ3n) is 3.69. The van der Waals surface area contributed by atoms with Gasteiger partial charge in [0.05, 0.1) is 10.2 Å². The van der Waals surface area contributed by atoms with E-state index in [-0.39, 0.29) is 0 Å². The quantitative estimate of drug-likeness (QED) is 0.730. The van der Waals surface area contributed by atoms with Gasteiger partial charge in [-0.1, -0.05) is 0 Å². The molecule has 3 rings (SSSR count). The molecule has 2 aromatic rings. The minimum absolute atomic E-state index is 0.572. The highest BCUT2D eigenvalue weighted by Crippen LogP contribution is 2.24. The van der Waals surface area contributed by atoms with Gasteiger partial charge in [-0.05, 0) is 37.1 Å². The SMILES string of the molecule is CC1NNCC1CCCNc1ncnc2ccsc12. The van der Waals surface area contributed by atoms with Crippen LogP contribution in [0.2, 0.25) is 0 Å². The van der Waals surface area contributed by atoms with Crippen LogP contribution in [0.3, 0.4) is 0 Å². The molecule has 0 aromatic carbocycles. The summed E-state index contributed by atoms with van der Waals surface area (Å²) < 4.78 is 1.15. The fourth-order valence-corrected chi connectivity index (χ4v) is 3.29. The lowest BCUT2D eigenvalue weighted by Gasteiger charge is -2.13. The van der Waals surface area contributed by atoms with Crippen LogP contribution in [0, 0.1) is 5.92 Å². The van der Waals surface area contributed by atoms with E-state index >= 15 is 0 Å². The van der Waals surface area contributed by atoms with Crippen LogP contribution in [0.5, 0.6) is 0 Å². The van der Waals surface area contributed by atoms with Crippen molar-refractivity contribution >= 4 is 27.4 Å². The molecule has 1 aliphatic heterocycles. The van der Waals surface area contributed by atoms with E-state index in [2.05, 4.69) is 38.4 Å². The molecule has 0 radical (unpaired) electrons. The number of aromatic nitrogens is 2. The molecule has 102 valence electrons. The Morgan fingerprint density at radius 1 is 1.47 bits per heavy atom. The molecule has 2 aromatic heterocycles. The fourth-order valence-electron chi connectivity index (χ4n) is 2.48. The Kier molecular flexibility index (Phi) is 3.91. The summed E-state index contributed by atoms with van der Waals surface area (Å²) in [6, 6.07) is 2.60. The van der Waals surface area contributed by atoms with E-state index in [1.165, 1.54) is 6.42 Å². The lowest BCUT2D eigenvalue weighted by molar-refractivity contribution is 0.452. The predicted octanol–water partition coefficient (Wildman–Crippen LogP) is 2.00. The maximum atomic E-state index is 4.33. The summed E-state index contributed by atoms with van der Waals surface area (Å²) in [4.78, 5) is 8.57. The van der Waals surface area contributed by atoms with Crippen LogP contribution in [-0.4, -0.2) is 29.1 Å². The minimum Gasteiger partial charge on any atom is -0.369 e. The van der Waals surface area contributed by atoms with Gasteiger partial charge in [-0.2, -0.15) is 0 Å². The molecule has 1 saturated heterocycles. The number of anilines is 1. The average molecular weight is 277 g/mol. The highest BCUT2D eigenvalue weighted by atomic mass is 32.1. The van der Waals surface area contributed by atoms with Crippen molar-refractivity contribution in [2.75, 3.05) is 18.4 Å². The number of nitrogens with one attached hydrogen (secondary N) is 3. The minimum atomic E-state index is 0.572. The number of hydrogen-bond donors (Lipinski definition) is 3. The van der Waals surface area contributed by atoms with Gasteiger partial charge in [0, 0.05) is 19.1 Å². The molecule has 0 amide bonds. The van der Waals surface area contributed by atoms with E-state index < -0.39 is 0 Å². The topological polar surface area (TPSA) is 61.9 Å². The summed E-state index contributed by atoms with van der Waals surface area (Å²) in [5.74, 6) is 1.70. The first-order chi connectivity index (χ1) is 9.34. The largest absolute Gasteiger partial charge is 0.369 e. The number of hydrogen-bond acceptors (Lipinski definition) is 6. The van der Waals surface area contributed by atoms with Crippen LogP contribution < -0.4 is 16.2 Å². The van der Waals surface area contributed by atoms with E-state index in [9.17, 15) is 0 Å². The normalized spacial score (nSPS) is 23.0. The predicted molar refractivity (Wildman–Crippen MR) is 79.2 cm³/mol. The number of hydrazine groups is 1. The molecule has 0 bridgehead atoms. The first-order valence-electron chi connectivity index (χ1n) is 6.75. The third-order valence-corrected chi connectivity index (χ3v) is 4.60. The molecule has 19 heavy (non-hydrogen) atoms. The van der Waals surface area contributed by atoms with Crippen molar-refractivity contribution in [1.29, 1.82) is 0 Å². The maximum absolute atomic E-state index is 4.33. The lowest BCUT2D eigenvalue weighted by atomic mass is 9.98.